The first-order chi connectivity index (χ1) is 18.5. The van der Waals surface area contributed by atoms with E-state index in [4.69, 9.17) is 4.99 Å². The van der Waals surface area contributed by atoms with Crippen LogP contribution < -0.4 is 21.5 Å². The van der Waals surface area contributed by atoms with E-state index in [1.807, 2.05) is 24.3 Å². The Labute approximate surface area is 229 Å². The second-order valence-corrected chi connectivity index (χ2v) is 11.3. The highest BCUT2D eigenvalue weighted by Crippen LogP contribution is 2.25. The molecule has 3 aliphatic heterocycles. The van der Waals surface area contributed by atoms with Crippen molar-refractivity contribution >= 4 is 17.3 Å². The number of benzene rings is 1. The van der Waals surface area contributed by atoms with Gasteiger partial charge in [0.25, 0.3) is 5.91 Å². The first-order valence-electron chi connectivity index (χ1n) is 14.8. The number of hydrazine groups is 1. The molecule has 0 spiro atoms. The van der Waals surface area contributed by atoms with Gasteiger partial charge in [0, 0.05) is 56.1 Å². The maximum absolute atomic E-state index is 13.0. The molecule has 2 saturated heterocycles. The van der Waals surface area contributed by atoms with Gasteiger partial charge >= 0.3 is 0 Å². The SMILES string of the molecule is CCCN1CCC(C2NNC(CNc3cccc(C(=O)NCC4CCN(C)CC4CC)c3)N2CCC)=NC1. The Balaban J connectivity index is 1.30. The second-order valence-electron chi connectivity index (χ2n) is 11.3. The zero-order valence-electron chi connectivity index (χ0n) is 24.0. The Morgan fingerprint density at radius 1 is 1.08 bits per heavy atom. The summed E-state index contributed by atoms with van der Waals surface area (Å²) in [4.78, 5) is 25.2. The van der Waals surface area contributed by atoms with Crippen LogP contribution in [0.4, 0.5) is 5.69 Å². The summed E-state index contributed by atoms with van der Waals surface area (Å²) in [6.45, 7) is 14.4. The third kappa shape index (κ3) is 7.54. The van der Waals surface area contributed by atoms with Gasteiger partial charge < -0.3 is 15.5 Å². The van der Waals surface area contributed by atoms with Crippen LogP contribution in [0.2, 0.25) is 0 Å². The van der Waals surface area contributed by atoms with E-state index in [2.05, 4.69) is 64.0 Å². The molecule has 0 radical (unpaired) electrons. The largest absolute Gasteiger partial charge is 0.382 e. The van der Waals surface area contributed by atoms with Gasteiger partial charge in [-0.1, -0.05) is 33.3 Å². The van der Waals surface area contributed by atoms with E-state index in [-0.39, 0.29) is 18.2 Å². The number of amides is 1. The third-order valence-corrected chi connectivity index (χ3v) is 8.38. The fraction of sp³-hybridized carbons (Fsp3) is 0.724. The van der Waals surface area contributed by atoms with Gasteiger partial charge in [-0.25, -0.2) is 10.9 Å². The molecule has 1 aromatic rings. The van der Waals surface area contributed by atoms with E-state index in [9.17, 15) is 4.79 Å². The van der Waals surface area contributed by atoms with E-state index in [1.165, 1.54) is 12.1 Å². The lowest BCUT2D eigenvalue weighted by atomic mass is 9.84. The Hall–Kier alpha value is -2.04. The van der Waals surface area contributed by atoms with Crippen molar-refractivity contribution in [2.45, 2.75) is 65.2 Å². The minimum atomic E-state index is 0.0168. The van der Waals surface area contributed by atoms with E-state index in [1.54, 1.807) is 0 Å². The zero-order valence-corrected chi connectivity index (χ0v) is 24.0. The number of piperidine rings is 1. The smallest absolute Gasteiger partial charge is 0.251 e. The summed E-state index contributed by atoms with van der Waals surface area (Å²) < 4.78 is 0. The normalized spacial score (nSPS) is 27.3. The predicted octanol–water partition coefficient (Wildman–Crippen LogP) is 2.79. The Morgan fingerprint density at radius 3 is 2.66 bits per heavy atom. The van der Waals surface area contributed by atoms with Gasteiger partial charge in [-0.3, -0.25) is 19.6 Å². The molecule has 0 saturated carbocycles. The van der Waals surface area contributed by atoms with Gasteiger partial charge in [0.1, 0.15) is 6.17 Å². The lowest BCUT2D eigenvalue weighted by molar-refractivity contribution is 0.0911. The van der Waals surface area contributed by atoms with Gasteiger partial charge in [0.2, 0.25) is 0 Å². The van der Waals surface area contributed by atoms with Crippen molar-refractivity contribution in [2.75, 3.05) is 64.8 Å². The van der Waals surface area contributed by atoms with E-state index in [0.717, 1.165) is 83.9 Å². The molecule has 4 rings (SSSR count). The molecule has 0 aromatic heterocycles. The molecule has 3 aliphatic rings. The standard InChI is InChI=1S/C29H50N8O/c1-5-13-36-16-12-26(32-21-36)28-34-33-27(37(28)14-6-2)19-30-25-10-8-9-23(17-25)29(38)31-18-24-11-15-35(4)20-22(24)7-3/h8-10,17,22,24,27-28,30,33-34H,5-7,11-16,18-21H2,1-4H3,(H,31,38). The second kappa shape index (κ2) is 14.4. The van der Waals surface area contributed by atoms with Crippen LogP contribution in [-0.4, -0.2) is 98.2 Å². The molecule has 2 fully saturated rings. The number of carbonyl (C=O) groups is 1. The fourth-order valence-corrected chi connectivity index (χ4v) is 6.15. The number of carbonyl (C=O) groups excluding carboxylic acids is 1. The molecule has 9 heteroatoms. The Kier molecular flexibility index (Phi) is 11.0. The first-order valence-corrected chi connectivity index (χ1v) is 14.8. The molecule has 4 atom stereocenters. The summed E-state index contributed by atoms with van der Waals surface area (Å²) in [5.74, 6) is 1.23. The molecule has 0 bridgehead atoms. The molecule has 212 valence electrons. The van der Waals surface area contributed by atoms with Gasteiger partial charge in [0.15, 0.2) is 0 Å². The summed E-state index contributed by atoms with van der Waals surface area (Å²) >= 11 is 0. The van der Waals surface area contributed by atoms with Gasteiger partial charge in [-0.05, 0) is 69.4 Å². The van der Waals surface area contributed by atoms with E-state index in [0.29, 0.717) is 17.4 Å². The summed E-state index contributed by atoms with van der Waals surface area (Å²) in [6, 6.07) is 7.88. The highest BCUT2D eigenvalue weighted by Gasteiger charge is 2.36. The summed E-state index contributed by atoms with van der Waals surface area (Å²) in [5.41, 5.74) is 9.92. The van der Waals surface area contributed by atoms with E-state index < -0.39 is 0 Å². The number of likely N-dealkylation sites (tertiary alicyclic amines) is 1. The Morgan fingerprint density at radius 2 is 1.92 bits per heavy atom. The lowest BCUT2D eigenvalue weighted by Crippen LogP contribution is -2.49. The topological polar surface area (TPSA) is 87.3 Å². The average Bonchev–Trinajstić information content (AvgIpc) is 3.34. The van der Waals surface area contributed by atoms with Crippen LogP contribution in [0.5, 0.6) is 0 Å². The van der Waals surface area contributed by atoms with Crippen LogP contribution in [0.25, 0.3) is 0 Å². The first kappa shape index (κ1) is 29.0. The maximum Gasteiger partial charge on any atom is 0.251 e. The number of anilines is 1. The van der Waals surface area contributed by atoms with Crippen molar-refractivity contribution in [3.05, 3.63) is 29.8 Å². The number of aliphatic imine (C=N–C) groups is 1. The quantitative estimate of drug-likeness (QED) is 0.333. The van der Waals surface area contributed by atoms with Crippen molar-refractivity contribution in [1.82, 2.24) is 30.9 Å². The van der Waals surface area contributed by atoms with Crippen molar-refractivity contribution in [3.63, 3.8) is 0 Å². The van der Waals surface area contributed by atoms with Crippen molar-refractivity contribution < 1.29 is 4.79 Å². The molecule has 9 nitrogen and oxygen atoms in total. The molecule has 0 aliphatic carbocycles. The van der Waals surface area contributed by atoms with Crippen molar-refractivity contribution in [1.29, 1.82) is 0 Å². The molecule has 4 unspecified atom stereocenters. The summed E-state index contributed by atoms with van der Waals surface area (Å²) in [5, 5.41) is 6.78. The van der Waals surface area contributed by atoms with Crippen LogP contribution in [0, 0.1) is 11.8 Å². The molecule has 38 heavy (non-hydrogen) atoms. The van der Waals surface area contributed by atoms with E-state index >= 15 is 0 Å². The third-order valence-electron chi connectivity index (χ3n) is 8.38. The minimum absolute atomic E-state index is 0.0168. The maximum atomic E-state index is 13.0. The summed E-state index contributed by atoms with van der Waals surface area (Å²) in [6.07, 6.45) is 5.85. The minimum Gasteiger partial charge on any atom is -0.382 e. The number of nitrogens with zero attached hydrogens (tertiary/aromatic N) is 4. The highest BCUT2D eigenvalue weighted by molar-refractivity contribution is 5.95. The Bertz CT molecular complexity index is 924. The molecule has 1 aromatic carbocycles. The van der Waals surface area contributed by atoms with Crippen LogP contribution in [0.1, 0.15) is 63.2 Å². The number of nitrogens with one attached hydrogen (secondary N) is 4. The average molecular weight is 527 g/mol. The molecule has 4 N–H and O–H groups in total. The van der Waals surface area contributed by atoms with Crippen LogP contribution in [0.15, 0.2) is 29.3 Å². The molecule has 1 amide bonds. The molecular formula is C29H50N8O. The zero-order chi connectivity index (χ0) is 26.9. The highest BCUT2D eigenvalue weighted by atomic mass is 16.1. The monoisotopic (exact) mass is 526 g/mol. The van der Waals surface area contributed by atoms with Crippen LogP contribution in [0.3, 0.4) is 0 Å². The summed E-state index contributed by atoms with van der Waals surface area (Å²) in [7, 11) is 2.19. The lowest BCUT2D eigenvalue weighted by Gasteiger charge is -2.36. The van der Waals surface area contributed by atoms with Gasteiger partial charge in [-0.2, -0.15) is 0 Å². The number of rotatable bonds is 12. The van der Waals surface area contributed by atoms with Crippen molar-refractivity contribution in [3.8, 4) is 0 Å². The number of hydrogen-bond donors (Lipinski definition) is 4. The van der Waals surface area contributed by atoms with Crippen LogP contribution >= 0.6 is 0 Å². The van der Waals surface area contributed by atoms with Crippen LogP contribution in [-0.2, 0) is 0 Å². The van der Waals surface area contributed by atoms with Crippen molar-refractivity contribution in [2.24, 2.45) is 16.8 Å². The predicted molar refractivity (Wildman–Crippen MR) is 156 cm³/mol. The molecular weight excluding hydrogens is 476 g/mol. The van der Waals surface area contributed by atoms with Gasteiger partial charge in [-0.15, -0.1) is 0 Å². The number of hydrogen-bond acceptors (Lipinski definition) is 8. The van der Waals surface area contributed by atoms with Gasteiger partial charge in [0.05, 0.1) is 12.8 Å². The molecule has 3 heterocycles. The fourth-order valence-electron chi connectivity index (χ4n) is 6.15.